The highest BCUT2D eigenvalue weighted by atomic mass is 16.5. The molecular formula is C27H23N3O5. The van der Waals surface area contributed by atoms with Gasteiger partial charge in [-0.25, -0.2) is 9.59 Å². The fraction of sp³-hybridized carbons (Fsp3) is 0.185. The van der Waals surface area contributed by atoms with E-state index in [4.69, 9.17) is 4.74 Å². The molecule has 1 N–H and O–H groups in total. The van der Waals surface area contributed by atoms with E-state index in [0.717, 1.165) is 40.2 Å². The molecule has 2 aliphatic heterocycles. The van der Waals surface area contributed by atoms with Crippen molar-refractivity contribution in [2.45, 2.75) is 19.4 Å². The van der Waals surface area contributed by atoms with Crippen LogP contribution in [0.3, 0.4) is 0 Å². The predicted molar refractivity (Wildman–Crippen MR) is 128 cm³/mol. The first-order valence-electron chi connectivity index (χ1n) is 11.3. The predicted octanol–water partition coefficient (Wildman–Crippen LogP) is 3.36. The van der Waals surface area contributed by atoms with Gasteiger partial charge in [0, 0.05) is 0 Å². The van der Waals surface area contributed by atoms with Gasteiger partial charge in [0.2, 0.25) is 5.91 Å². The van der Waals surface area contributed by atoms with Gasteiger partial charge in [0.1, 0.15) is 0 Å². The molecule has 35 heavy (non-hydrogen) atoms. The zero-order valence-electron chi connectivity index (χ0n) is 18.9. The molecule has 0 spiro atoms. The van der Waals surface area contributed by atoms with E-state index < -0.39 is 18.6 Å². The number of carbonyl (C=O) groups excluding carboxylic acids is 4. The van der Waals surface area contributed by atoms with Crippen LogP contribution in [0.1, 0.15) is 27.0 Å². The number of hydrogen-bond donors (Lipinski definition) is 1. The molecule has 0 atom stereocenters. The quantitative estimate of drug-likeness (QED) is 0.457. The van der Waals surface area contributed by atoms with Gasteiger partial charge in [0.15, 0.2) is 6.61 Å². The summed E-state index contributed by atoms with van der Waals surface area (Å²) in [4.78, 5) is 52.9. The number of anilines is 2. The summed E-state index contributed by atoms with van der Waals surface area (Å²) in [5.41, 5.74) is 4.30. The van der Waals surface area contributed by atoms with Crippen molar-refractivity contribution in [2.24, 2.45) is 0 Å². The maximum Gasteiger partial charge on any atom is 0.338 e. The molecule has 1 fully saturated rings. The fourth-order valence-corrected chi connectivity index (χ4v) is 4.46. The maximum absolute atomic E-state index is 13.4. The van der Waals surface area contributed by atoms with Crippen molar-refractivity contribution >= 4 is 35.2 Å². The molecule has 0 unspecified atom stereocenters. The van der Waals surface area contributed by atoms with E-state index in [1.807, 2.05) is 48.5 Å². The highest BCUT2D eigenvalue weighted by Crippen LogP contribution is 2.36. The van der Waals surface area contributed by atoms with Gasteiger partial charge in [0.25, 0.3) is 5.91 Å². The fourth-order valence-electron chi connectivity index (χ4n) is 4.46. The van der Waals surface area contributed by atoms with Crippen LogP contribution in [-0.4, -0.2) is 41.9 Å². The first kappa shape index (κ1) is 22.3. The molecule has 5 rings (SSSR count). The number of nitrogens with zero attached hydrogens (tertiary/aromatic N) is 2. The van der Waals surface area contributed by atoms with Gasteiger partial charge in [-0.15, -0.1) is 0 Å². The summed E-state index contributed by atoms with van der Waals surface area (Å²) < 4.78 is 5.44. The lowest BCUT2D eigenvalue weighted by atomic mass is 10.0. The van der Waals surface area contributed by atoms with Gasteiger partial charge >= 0.3 is 12.0 Å². The summed E-state index contributed by atoms with van der Waals surface area (Å²) in [6.45, 7) is -0.589. The molecule has 3 aromatic rings. The average molecular weight is 469 g/mol. The van der Waals surface area contributed by atoms with Crippen LogP contribution in [-0.2, 0) is 33.7 Å². The van der Waals surface area contributed by atoms with E-state index in [1.165, 1.54) is 0 Å². The molecule has 1 saturated heterocycles. The van der Waals surface area contributed by atoms with Gasteiger partial charge in [0.05, 0.1) is 30.0 Å². The lowest BCUT2D eigenvalue weighted by Crippen LogP contribution is -2.32. The van der Waals surface area contributed by atoms with E-state index in [-0.39, 0.29) is 30.5 Å². The summed E-state index contributed by atoms with van der Waals surface area (Å²) in [5.74, 6) is -1.43. The van der Waals surface area contributed by atoms with Crippen LogP contribution in [0.4, 0.5) is 16.2 Å². The number of nitrogens with one attached hydrogen (secondary N) is 1. The third kappa shape index (κ3) is 4.38. The van der Waals surface area contributed by atoms with Gasteiger partial charge in [-0.2, -0.15) is 0 Å². The van der Waals surface area contributed by atoms with E-state index in [1.54, 1.807) is 29.2 Å². The topological polar surface area (TPSA) is 96.0 Å². The molecule has 8 heteroatoms. The molecule has 4 amide bonds. The monoisotopic (exact) mass is 469 g/mol. The van der Waals surface area contributed by atoms with Crippen LogP contribution in [0.15, 0.2) is 72.8 Å². The lowest BCUT2D eigenvalue weighted by Gasteiger charge is -2.25. The number of fused-ring (bicyclic) bond motifs is 2. The number of ether oxygens (including phenoxy) is 1. The Labute approximate surface area is 202 Å². The first-order chi connectivity index (χ1) is 17.0. The van der Waals surface area contributed by atoms with Crippen molar-refractivity contribution in [1.29, 1.82) is 0 Å². The average Bonchev–Trinajstić information content (AvgIpc) is 3.10. The van der Waals surface area contributed by atoms with E-state index >= 15 is 0 Å². The first-order valence-corrected chi connectivity index (χ1v) is 11.3. The molecule has 0 saturated carbocycles. The van der Waals surface area contributed by atoms with Gasteiger partial charge in [-0.05, 0) is 47.7 Å². The molecule has 2 aliphatic rings. The van der Waals surface area contributed by atoms with Crippen molar-refractivity contribution in [3.8, 4) is 0 Å². The van der Waals surface area contributed by atoms with Crippen molar-refractivity contribution in [3.05, 3.63) is 95.1 Å². The number of benzene rings is 3. The highest BCUT2D eigenvalue weighted by Gasteiger charge is 2.30. The number of para-hydroxylation sites is 2. The number of carbonyl (C=O) groups is 4. The van der Waals surface area contributed by atoms with Gasteiger partial charge in [-0.1, -0.05) is 54.6 Å². The van der Waals surface area contributed by atoms with Crippen molar-refractivity contribution in [1.82, 2.24) is 10.2 Å². The van der Waals surface area contributed by atoms with Crippen molar-refractivity contribution in [2.75, 3.05) is 18.1 Å². The highest BCUT2D eigenvalue weighted by molar-refractivity contribution is 6.04. The number of esters is 1. The minimum absolute atomic E-state index is 0.0588. The smallest absolute Gasteiger partial charge is 0.338 e. The molecule has 0 bridgehead atoms. The van der Waals surface area contributed by atoms with Gasteiger partial charge < -0.3 is 10.1 Å². The third-order valence-corrected chi connectivity index (χ3v) is 6.21. The van der Waals surface area contributed by atoms with Crippen LogP contribution < -0.4 is 10.2 Å². The van der Waals surface area contributed by atoms with E-state index in [2.05, 4.69) is 5.32 Å². The molecule has 3 aromatic carbocycles. The molecule has 0 aliphatic carbocycles. The molecule has 0 radical (unpaired) electrons. The van der Waals surface area contributed by atoms with Crippen LogP contribution in [0.2, 0.25) is 0 Å². The Morgan fingerprint density at radius 1 is 0.829 bits per heavy atom. The molecule has 2 heterocycles. The number of amides is 4. The van der Waals surface area contributed by atoms with Crippen molar-refractivity contribution in [3.63, 3.8) is 0 Å². The molecule has 0 aromatic heterocycles. The second kappa shape index (κ2) is 9.42. The van der Waals surface area contributed by atoms with Crippen LogP contribution in [0.25, 0.3) is 0 Å². The summed E-state index contributed by atoms with van der Waals surface area (Å²) in [7, 11) is 0. The largest absolute Gasteiger partial charge is 0.452 e. The number of aryl methyl sites for hydroxylation is 2. The second-order valence-corrected chi connectivity index (χ2v) is 8.36. The number of hydrogen-bond acceptors (Lipinski definition) is 5. The van der Waals surface area contributed by atoms with E-state index in [9.17, 15) is 19.2 Å². The second-order valence-electron chi connectivity index (χ2n) is 8.36. The summed E-state index contributed by atoms with van der Waals surface area (Å²) >= 11 is 0. The Hall–Kier alpha value is -4.46. The normalized spacial score (nSPS) is 14.6. The molecule has 176 valence electrons. The summed E-state index contributed by atoms with van der Waals surface area (Å²) in [5, 5.41) is 2.46. The maximum atomic E-state index is 13.4. The Morgan fingerprint density at radius 3 is 2.06 bits per heavy atom. The standard InChI is InChI=1S/C27H23N3O5/c31-24-15-28-27(34)29(24)16-20-9-1-4-10-21(20)26(33)35-17-25(32)30-22-11-5-2-7-18(22)13-14-19-8-3-6-12-23(19)30/h1-12H,13-17H2,(H,28,34). The number of rotatable bonds is 5. The van der Waals surface area contributed by atoms with Crippen LogP contribution in [0, 0.1) is 0 Å². The van der Waals surface area contributed by atoms with E-state index in [0.29, 0.717) is 5.56 Å². The van der Waals surface area contributed by atoms with Gasteiger partial charge in [-0.3, -0.25) is 19.4 Å². The summed E-state index contributed by atoms with van der Waals surface area (Å²) in [6.07, 6.45) is 1.60. The summed E-state index contributed by atoms with van der Waals surface area (Å²) in [6, 6.07) is 21.5. The van der Waals surface area contributed by atoms with Crippen molar-refractivity contribution < 1.29 is 23.9 Å². The third-order valence-electron chi connectivity index (χ3n) is 6.21. The zero-order chi connectivity index (χ0) is 24.4. The SMILES string of the molecule is O=C(OCC(=O)N1c2ccccc2CCc2ccccc21)c1ccccc1CN1C(=O)CNC1=O. The number of imide groups is 1. The minimum Gasteiger partial charge on any atom is -0.452 e. The Balaban J connectivity index is 1.36. The Morgan fingerprint density at radius 2 is 1.43 bits per heavy atom. The zero-order valence-corrected chi connectivity index (χ0v) is 18.9. The molecule has 8 nitrogen and oxygen atoms in total. The minimum atomic E-state index is -0.697. The Kier molecular flexibility index (Phi) is 6.01. The van der Waals surface area contributed by atoms with Crippen LogP contribution >= 0.6 is 0 Å². The Bertz CT molecular complexity index is 1270. The lowest BCUT2D eigenvalue weighted by molar-refractivity contribution is -0.125. The number of urea groups is 1. The van der Waals surface area contributed by atoms with Crippen LogP contribution in [0.5, 0.6) is 0 Å². The molecular weight excluding hydrogens is 446 g/mol.